The fourth-order valence-corrected chi connectivity index (χ4v) is 2.44. The smallest absolute Gasteiger partial charge is 0.328 e. The van der Waals surface area contributed by atoms with Gasteiger partial charge in [-0.25, -0.2) is 9.18 Å². The van der Waals surface area contributed by atoms with Crippen molar-refractivity contribution in [1.82, 2.24) is 0 Å². The number of aliphatic carboxylic acids is 1. The van der Waals surface area contributed by atoms with E-state index in [1.807, 2.05) is 18.2 Å². The van der Waals surface area contributed by atoms with Gasteiger partial charge in [-0.1, -0.05) is 0 Å². The first-order valence-corrected chi connectivity index (χ1v) is 7.27. The molecule has 3 nitrogen and oxygen atoms in total. The van der Waals surface area contributed by atoms with Crippen molar-refractivity contribution in [1.29, 1.82) is 0 Å². The van der Waals surface area contributed by atoms with Crippen LogP contribution in [-0.4, -0.2) is 36.2 Å². The highest BCUT2D eigenvalue weighted by atomic mass is 32.2. The van der Waals surface area contributed by atoms with E-state index in [0.29, 0.717) is 5.56 Å². The third-order valence-electron chi connectivity index (χ3n) is 2.84. The van der Waals surface area contributed by atoms with Crippen molar-refractivity contribution in [3.63, 3.8) is 0 Å². The first kappa shape index (κ1) is 15.6. The molecule has 104 valence electrons. The Morgan fingerprint density at radius 3 is 2.84 bits per heavy atom. The molecule has 1 N–H and O–H groups in total. The molecule has 19 heavy (non-hydrogen) atoms. The number of thioether (sulfide) groups is 1. The first-order chi connectivity index (χ1) is 8.95. The molecule has 0 aliphatic rings. The van der Waals surface area contributed by atoms with Gasteiger partial charge in [-0.3, -0.25) is 0 Å². The Balaban J connectivity index is 3.08. The van der Waals surface area contributed by atoms with Crippen LogP contribution < -0.4 is 4.90 Å². The molecule has 0 heterocycles. The van der Waals surface area contributed by atoms with Gasteiger partial charge in [0, 0.05) is 36.2 Å². The number of benzene rings is 1. The van der Waals surface area contributed by atoms with Gasteiger partial charge in [-0.15, -0.1) is 0 Å². The molecule has 0 aliphatic carbocycles. The lowest BCUT2D eigenvalue weighted by atomic mass is 10.1. The third-order valence-corrected chi connectivity index (χ3v) is 3.66. The quantitative estimate of drug-likeness (QED) is 0.814. The standard InChI is InChI=1S/C14H18FNO2S/c1-10(9-19-3)16(2)13-6-5-12(15)8-11(13)4-7-14(17)18/h4-8,10H,9H2,1-3H3,(H,17,18)/b7-4+. The van der Waals surface area contributed by atoms with Gasteiger partial charge in [0.05, 0.1) is 0 Å². The van der Waals surface area contributed by atoms with Gasteiger partial charge in [0.2, 0.25) is 0 Å². The summed E-state index contributed by atoms with van der Waals surface area (Å²) in [5.41, 5.74) is 1.39. The second-order valence-electron chi connectivity index (χ2n) is 4.29. The summed E-state index contributed by atoms with van der Waals surface area (Å²) in [6.07, 6.45) is 4.47. The van der Waals surface area contributed by atoms with E-state index in [1.54, 1.807) is 17.8 Å². The lowest BCUT2D eigenvalue weighted by molar-refractivity contribution is -0.131. The molecule has 1 atom stereocenters. The van der Waals surface area contributed by atoms with Crippen molar-refractivity contribution in [2.24, 2.45) is 0 Å². The maximum absolute atomic E-state index is 13.3. The van der Waals surface area contributed by atoms with Crippen LogP contribution in [0.5, 0.6) is 0 Å². The van der Waals surface area contributed by atoms with Gasteiger partial charge in [0.15, 0.2) is 0 Å². The van der Waals surface area contributed by atoms with Crippen LogP contribution in [0.25, 0.3) is 6.08 Å². The molecule has 0 aliphatic heterocycles. The Kier molecular flexibility index (Phi) is 5.89. The van der Waals surface area contributed by atoms with Crippen LogP contribution >= 0.6 is 11.8 Å². The third kappa shape index (κ3) is 4.59. The number of hydrogen-bond acceptors (Lipinski definition) is 3. The van der Waals surface area contributed by atoms with E-state index in [2.05, 4.69) is 6.92 Å². The summed E-state index contributed by atoms with van der Waals surface area (Å²) in [5.74, 6) is -0.481. The van der Waals surface area contributed by atoms with E-state index in [4.69, 9.17) is 5.11 Å². The molecule has 0 spiro atoms. The van der Waals surface area contributed by atoms with Crippen molar-refractivity contribution in [3.8, 4) is 0 Å². The number of anilines is 1. The van der Waals surface area contributed by atoms with E-state index < -0.39 is 5.97 Å². The summed E-state index contributed by atoms with van der Waals surface area (Å²) >= 11 is 1.73. The molecule has 0 saturated heterocycles. The maximum Gasteiger partial charge on any atom is 0.328 e. The second-order valence-corrected chi connectivity index (χ2v) is 5.20. The maximum atomic E-state index is 13.3. The van der Waals surface area contributed by atoms with E-state index in [1.165, 1.54) is 18.2 Å². The number of rotatable bonds is 6. The summed E-state index contributed by atoms with van der Waals surface area (Å²) < 4.78 is 13.3. The minimum absolute atomic E-state index is 0.275. The molecule has 0 amide bonds. The lowest BCUT2D eigenvalue weighted by Gasteiger charge is -2.28. The largest absolute Gasteiger partial charge is 0.478 e. The van der Waals surface area contributed by atoms with Crippen LogP contribution in [0, 0.1) is 5.82 Å². The van der Waals surface area contributed by atoms with Crippen LogP contribution in [-0.2, 0) is 4.79 Å². The molecule has 0 radical (unpaired) electrons. The highest BCUT2D eigenvalue weighted by Crippen LogP contribution is 2.24. The molecule has 0 saturated carbocycles. The van der Waals surface area contributed by atoms with Gasteiger partial charge in [-0.05, 0) is 37.5 Å². The SMILES string of the molecule is CSCC(C)N(C)c1ccc(F)cc1/C=C/C(=O)O. The van der Waals surface area contributed by atoms with Crippen LogP contribution in [0.2, 0.25) is 0 Å². The summed E-state index contributed by atoms with van der Waals surface area (Å²) in [7, 11) is 1.92. The highest BCUT2D eigenvalue weighted by Gasteiger charge is 2.13. The molecule has 0 bridgehead atoms. The monoisotopic (exact) mass is 283 g/mol. The van der Waals surface area contributed by atoms with Gasteiger partial charge < -0.3 is 10.0 Å². The Labute approximate surface area is 117 Å². The van der Waals surface area contributed by atoms with Crippen LogP contribution in [0.4, 0.5) is 10.1 Å². The van der Waals surface area contributed by atoms with Crippen LogP contribution in [0.1, 0.15) is 12.5 Å². The minimum atomic E-state index is -1.05. The van der Waals surface area contributed by atoms with Gasteiger partial charge >= 0.3 is 5.97 Å². The fourth-order valence-electron chi connectivity index (χ4n) is 1.73. The van der Waals surface area contributed by atoms with E-state index in [9.17, 15) is 9.18 Å². The highest BCUT2D eigenvalue weighted by molar-refractivity contribution is 7.98. The lowest BCUT2D eigenvalue weighted by Crippen LogP contribution is -2.31. The van der Waals surface area contributed by atoms with E-state index in [-0.39, 0.29) is 11.9 Å². The fraction of sp³-hybridized carbons (Fsp3) is 0.357. The van der Waals surface area contributed by atoms with Crippen molar-refractivity contribution in [2.45, 2.75) is 13.0 Å². The van der Waals surface area contributed by atoms with Crippen molar-refractivity contribution < 1.29 is 14.3 Å². The molecule has 1 aromatic carbocycles. The Morgan fingerprint density at radius 2 is 2.26 bits per heavy atom. The molecule has 1 unspecified atom stereocenters. The number of nitrogens with zero attached hydrogens (tertiary/aromatic N) is 1. The van der Waals surface area contributed by atoms with E-state index in [0.717, 1.165) is 17.5 Å². The Morgan fingerprint density at radius 1 is 1.58 bits per heavy atom. The normalized spacial score (nSPS) is 12.6. The number of carboxylic acid groups (broad SMARTS) is 1. The molecular formula is C14H18FNO2S. The summed E-state index contributed by atoms with van der Waals surface area (Å²) in [6, 6.07) is 4.68. The number of carbonyl (C=O) groups is 1. The van der Waals surface area contributed by atoms with Crippen molar-refractivity contribution in [3.05, 3.63) is 35.7 Å². The molecule has 0 aromatic heterocycles. The predicted octanol–water partition coefficient (Wildman–Crippen LogP) is 3.11. The zero-order valence-electron chi connectivity index (χ0n) is 11.3. The summed E-state index contributed by atoms with van der Waals surface area (Å²) in [4.78, 5) is 12.6. The van der Waals surface area contributed by atoms with E-state index >= 15 is 0 Å². The van der Waals surface area contributed by atoms with Gasteiger partial charge in [0.25, 0.3) is 0 Å². The average Bonchev–Trinajstić information content (AvgIpc) is 2.36. The topological polar surface area (TPSA) is 40.5 Å². The van der Waals surface area contributed by atoms with Crippen LogP contribution in [0.15, 0.2) is 24.3 Å². The van der Waals surface area contributed by atoms with Crippen molar-refractivity contribution >= 4 is 29.5 Å². The molecule has 0 fully saturated rings. The number of carboxylic acids is 1. The van der Waals surface area contributed by atoms with Crippen LogP contribution in [0.3, 0.4) is 0 Å². The Hall–Kier alpha value is -1.49. The summed E-state index contributed by atoms with van der Waals surface area (Å²) in [5, 5.41) is 8.67. The predicted molar refractivity (Wildman–Crippen MR) is 79.3 cm³/mol. The molecule has 1 aromatic rings. The minimum Gasteiger partial charge on any atom is -0.478 e. The molecular weight excluding hydrogens is 265 g/mol. The zero-order valence-corrected chi connectivity index (χ0v) is 12.1. The van der Waals surface area contributed by atoms with Crippen molar-refractivity contribution in [2.75, 3.05) is 24.0 Å². The number of halogens is 1. The Bertz CT molecular complexity index is 477. The first-order valence-electron chi connectivity index (χ1n) is 5.88. The molecule has 5 heteroatoms. The molecule has 1 rings (SSSR count). The van der Waals surface area contributed by atoms with Gasteiger partial charge in [0.1, 0.15) is 5.82 Å². The number of hydrogen-bond donors (Lipinski definition) is 1. The average molecular weight is 283 g/mol. The zero-order chi connectivity index (χ0) is 14.4. The summed E-state index contributed by atoms with van der Waals surface area (Å²) in [6.45, 7) is 2.07. The second kappa shape index (κ2) is 7.19. The van der Waals surface area contributed by atoms with Gasteiger partial charge in [-0.2, -0.15) is 11.8 Å².